The van der Waals surface area contributed by atoms with E-state index in [1.54, 1.807) is 29.2 Å². The molecule has 0 unspecified atom stereocenters. The van der Waals surface area contributed by atoms with Gasteiger partial charge in [0, 0.05) is 20.0 Å². The number of piperidine rings is 1. The Balaban J connectivity index is 2.19. The van der Waals surface area contributed by atoms with E-state index in [0.717, 1.165) is 19.3 Å². The smallest absolute Gasteiger partial charge is 0.295 e. The van der Waals surface area contributed by atoms with Crippen LogP contribution in [0.15, 0.2) is 24.3 Å². The Morgan fingerprint density at radius 3 is 2.35 bits per heavy atom. The van der Waals surface area contributed by atoms with Crippen LogP contribution in [-0.2, 0) is 9.59 Å². The third kappa shape index (κ3) is 3.23. The summed E-state index contributed by atoms with van der Waals surface area (Å²) in [5.74, 6) is -1.31. The van der Waals surface area contributed by atoms with Gasteiger partial charge in [-0.1, -0.05) is 12.1 Å². The number of hydrogen-bond acceptors (Lipinski definition) is 3. The van der Waals surface area contributed by atoms with Crippen LogP contribution < -0.4 is 5.32 Å². The van der Waals surface area contributed by atoms with Gasteiger partial charge in [-0.2, -0.15) is 0 Å². The van der Waals surface area contributed by atoms with Crippen LogP contribution in [0, 0.1) is 0 Å². The van der Waals surface area contributed by atoms with Gasteiger partial charge in [-0.15, -0.1) is 0 Å². The van der Waals surface area contributed by atoms with Crippen molar-refractivity contribution in [3.05, 3.63) is 29.8 Å². The summed E-state index contributed by atoms with van der Waals surface area (Å²) in [5.41, 5.74) is 0.633. The maximum Gasteiger partial charge on any atom is 0.295 e. The summed E-state index contributed by atoms with van der Waals surface area (Å²) in [6.07, 6.45) is 2.97. The van der Waals surface area contributed by atoms with E-state index in [4.69, 9.17) is 0 Å². The molecule has 1 N–H and O–H groups in total. The van der Waals surface area contributed by atoms with Crippen molar-refractivity contribution in [2.45, 2.75) is 26.2 Å². The first-order valence-electron chi connectivity index (χ1n) is 6.80. The Labute approximate surface area is 118 Å². The molecule has 1 saturated heterocycles. The first kappa shape index (κ1) is 14.2. The van der Waals surface area contributed by atoms with E-state index < -0.39 is 11.7 Å². The molecule has 0 atom stereocenters. The van der Waals surface area contributed by atoms with E-state index in [0.29, 0.717) is 18.8 Å². The van der Waals surface area contributed by atoms with Crippen LogP contribution in [0.2, 0.25) is 0 Å². The number of carbonyl (C=O) groups excluding carboxylic acids is 3. The van der Waals surface area contributed by atoms with Gasteiger partial charge in [-0.05, 0) is 31.4 Å². The molecule has 0 aromatic heterocycles. The highest BCUT2D eigenvalue weighted by Crippen LogP contribution is 2.18. The molecule has 20 heavy (non-hydrogen) atoms. The molecule has 0 radical (unpaired) electrons. The van der Waals surface area contributed by atoms with Gasteiger partial charge in [-0.3, -0.25) is 14.4 Å². The Bertz CT molecular complexity index is 534. The second kappa shape index (κ2) is 6.32. The number of rotatable bonds is 3. The van der Waals surface area contributed by atoms with Crippen LogP contribution >= 0.6 is 0 Å². The number of benzene rings is 1. The van der Waals surface area contributed by atoms with Crippen LogP contribution in [0.4, 0.5) is 5.69 Å². The number of nitrogens with one attached hydrogen (secondary N) is 1. The summed E-state index contributed by atoms with van der Waals surface area (Å²) >= 11 is 0. The number of likely N-dealkylation sites (tertiary alicyclic amines) is 1. The number of Topliss-reactive ketones (excluding diaryl/α,β-unsaturated/α-hetero) is 1. The van der Waals surface area contributed by atoms with Gasteiger partial charge in [-0.25, -0.2) is 0 Å². The average Bonchev–Trinajstić information content (AvgIpc) is 2.46. The van der Waals surface area contributed by atoms with Gasteiger partial charge in [0.05, 0.1) is 11.3 Å². The highest BCUT2D eigenvalue weighted by atomic mass is 16.2. The van der Waals surface area contributed by atoms with Crippen LogP contribution in [0.3, 0.4) is 0 Å². The highest BCUT2D eigenvalue weighted by Gasteiger charge is 2.26. The lowest BCUT2D eigenvalue weighted by atomic mass is 10.1. The molecule has 1 aliphatic heterocycles. The fraction of sp³-hybridized carbons (Fsp3) is 0.400. The minimum absolute atomic E-state index is 0.248. The summed E-state index contributed by atoms with van der Waals surface area (Å²) in [7, 11) is 0. The monoisotopic (exact) mass is 274 g/mol. The summed E-state index contributed by atoms with van der Waals surface area (Å²) in [6.45, 7) is 2.63. The van der Waals surface area contributed by atoms with E-state index in [9.17, 15) is 14.4 Å². The zero-order valence-electron chi connectivity index (χ0n) is 11.5. The SMILES string of the molecule is CC(=O)Nc1ccccc1C(=O)C(=O)N1CCCCC1. The summed E-state index contributed by atoms with van der Waals surface area (Å²) in [6, 6.07) is 6.59. The molecule has 106 valence electrons. The van der Waals surface area contributed by atoms with E-state index >= 15 is 0 Å². The molecule has 5 nitrogen and oxygen atoms in total. The lowest BCUT2D eigenvalue weighted by Crippen LogP contribution is -2.40. The molecule has 5 heteroatoms. The van der Waals surface area contributed by atoms with Crippen LogP contribution in [0.25, 0.3) is 0 Å². The molecule has 1 aliphatic rings. The quantitative estimate of drug-likeness (QED) is 0.675. The van der Waals surface area contributed by atoms with Gasteiger partial charge in [0.2, 0.25) is 5.91 Å². The molecular weight excluding hydrogens is 256 g/mol. The van der Waals surface area contributed by atoms with Crippen LogP contribution in [-0.4, -0.2) is 35.6 Å². The van der Waals surface area contributed by atoms with Crippen LogP contribution in [0.1, 0.15) is 36.5 Å². The van der Waals surface area contributed by atoms with Gasteiger partial charge in [0.1, 0.15) is 0 Å². The van der Waals surface area contributed by atoms with Crippen molar-refractivity contribution in [3.63, 3.8) is 0 Å². The maximum atomic E-state index is 12.3. The number of para-hydroxylation sites is 1. The molecule has 2 rings (SSSR count). The fourth-order valence-electron chi connectivity index (χ4n) is 2.34. The number of hydrogen-bond donors (Lipinski definition) is 1. The lowest BCUT2D eigenvalue weighted by molar-refractivity contribution is -0.127. The fourth-order valence-corrected chi connectivity index (χ4v) is 2.34. The second-order valence-electron chi connectivity index (χ2n) is 4.91. The van der Waals surface area contributed by atoms with Gasteiger partial charge >= 0.3 is 0 Å². The number of carbonyl (C=O) groups is 3. The number of anilines is 1. The summed E-state index contributed by atoms with van der Waals surface area (Å²) in [4.78, 5) is 37.2. The Hall–Kier alpha value is -2.17. The first-order chi connectivity index (χ1) is 9.59. The van der Waals surface area contributed by atoms with Crippen molar-refractivity contribution >= 4 is 23.3 Å². The number of amides is 2. The molecule has 0 aliphatic carbocycles. The molecule has 1 aromatic carbocycles. The van der Waals surface area contributed by atoms with Gasteiger partial charge in [0.15, 0.2) is 0 Å². The molecule has 2 amide bonds. The Morgan fingerprint density at radius 2 is 1.70 bits per heavy atom. The van der Waals surface area contributed by atoms with Crippen molar-refractivity contribution in [3.8, 4) is 0 Å². The Morgan fingerprint density at radius 1 is 1.05 bits per heavy atom. The standard InChI is InChI=1S/C15H18N2O3/c1-11(18)16-13-8-4-3-7-12(13)14(19)15(20)17-9-5-2-6-10-17/h3-4,7-8H,2,5-6,9-10H2,1H3,(H,16,18). The predicted octanol–water partition coefficient (Wildman–Crippen LogP) is 1.84. The zero-order chi connectivity index (χ0) is 14.5. The molecule has 0 spiro atoms. The topological polar surface area (TPSA) is 66.5 Å². The molecule has 1 heterocycles. The van der Waals surface area contributed by atoms with Crippen molar-refractivity contribution in [1.82, 2.24) is 4.90 Å². The van der Waals surface area contributed by atoms with E-state index in [-0.39, 0.29) is 11.5 Å². The lowest BCUT2D eigenvalue weighted by Gasteiger charge is -2.26. The molecule has 0 bridgehead atoms. The predicted molar refractivity (Wildman–Crippen MR) is 75.5 cm³/mol. The highest BCUT2D eigenvalue weighted by molar-refractivity contribution is 6.44. The van der Waals surface area contributed by atoms with Crippen molar-refractivity contribution in [2.75, 3.05) is 18.4 Å². The molecule has 1 fully saturated rings. The van der Waals surface area contributed by atoms with E-state index in [2.05, 4.69) is 5.32 Å². The molecule has 0 saturated carbocycles. The molecular formula is C15H18N2O3. The third-order valence-electron chi connectivity index (χ3n) is 3.32. The summed E-state index contributed by atoms with van der Waals surface area (Å²) in [5, 5.41) is 2.58. The van der Waals surface area contributed by atoms with Gasteiger partial charge < -0.3 is 10.2 Å². The second-order valence-corrected chi connectivity index (χ2v) is 4.91. The maximum absolute atomic E-state index is 12.3. The third-order valence-corrected chi connectivity index (χ3v) is 3.32. The largest absolute Gasteiger partial charge is 0.336 e. The molecule has 1 aromatic rings. The number of nitrogens with zero attached hydrogens (tertiary/aromatic N) is 1. The average molecular weight is 274 g/mol. The minimum Gasteiger partial charge on any atom is -0.336 e. The van der Waals surface area contributed by atoms with Gasteiger partial charge in [0.25, 0.3) is 11.7 Å². The minimum atomic E-state index is -0.559. The van der Waals surface area contributed by atoms with Crippen LogP contribution in [0.5, 0.6) is 0 Å². The zero-order valence-corrected chi connectivity index (χ0v) is 11.5. The Kier molecular flexibility index (Phi) is 4.50. The van der Waals surface area contributed by atoms with E-state index in [1.807, 2.05) is 0 Å². The van der Waals surface area contributed by atoms with E-state index in [1.165, 1.54) is 6.92 Å². The van der Waals surface area contributed by atoms with Crippen molar-refractivity contribution in [1.29, 1.82) is 0 Å². The van der Waals surface area contributed by atoms with Crippen molar-refractivity contribution in [2.24, 2.45) is 0 Å². The summed E-state index contributed by atoms with van der Waals surface area (Å²) < 4.78 is 0. The number of ketones is 1. The normalized spacial score (nSPS) is 14.8. The first-order valence-corrected chi connectivity index (χ1v) is 6.80. The van der Waals surface area contributed by atoms with Crippen molar-refractivity contribution < 1.29 is 14.4 Å².